The first-order valence-electron chi connectivity index (χ1n) is 9.19. The van der Waals surface area contributed by atoms with E-state index in [1.165, 1.54) is 6.07 Å². The Balaban J connectivity index is 1.79. The van der Waals surface area contributed by atoms with Crippen molar-refractivity contribution in [1.29, 1.82) is 0 Å². The van der Waals surface area contributed by atoms with Crippen LogP contribution in [0.5, 0.6) is 0 Å². The molecule has 152 valence electrons. The summed E-state index contributed by atoms with van der Waals surface area (Å²) in [5.74, 6) is -2.20. The summed E-state index contributed by atoms with van der Waals surface area (Å²) in [4.78, 5) is 12.3. The van der Waals surface area contributed by atoms with Crippen LogP contribution in [0.25, 0.3) is 5.69 Å². The normalized spacial score (nSPS) is 11.5. The van der Waals surface area contributed by atoms with Gasteiger partial charge in [-0.05, 0) is 42.0 Å². The van der Waals surface area contributed by atoms with E-state index in [4.69, 9.17) is 16.7 Å². The molecule has 7 heteroatoms. The van der Waals surface area contributed by atoms with Crippen LogP contribution in [-0.2, 0) is 23.2 Å². The molecule has 3 rings (SSSR count). The van der Waals surface area contributed by atoms with Gasteiger partial charge >= 0.3 is 0 Å². The van der Waals surface area contributed by atoms with E-state index < -0.39 is 11.6 Å². The molecule has 2 aromatic carbocycles. The first-order chi connectivity index (χ1) is 13.6. The molecule has 4 nitrogen and oxygen atoms in total. The molecule has 0 unspecified atom stereocenters. The molecule has 0 saturated carbocycles. The van der Waals surface area contributed by atoms with Crippen molar-refractivity contribution in [3.8, 4) is 5.69 Å². The molecule has 0 aliphatic rings. The molecule has 0 radical (unpaired) electrons. The van der Waals surface area contributed by atoms with Crippen molar-refractivity contribution in [2.75, 3.05) is 0 Å². The number of nitrogens with zero attached hydrogens (tertiary/aromatic N) is 2. The summed E-state index contributed by atoms with van der Waals surface area (Å²) in [6, 6.07) is 12.7. The average molecular weight is 418 g/mol. The van der Waals surface area contributed by atoms with Crippen LogP contribution in [0.15, 0.2) is 48.5 Å². The average Bonchev–Trinajstić information content (AvgIpc) is 3.08. The van der Waals surface area contributed by atoms with Crippen molar-refractivity contribution in [2.24, 2.45) is 0 Å². The molecule has 0 aliphatic carbocycles. The molecule has 1 amide bonds. The Hall–Kier alpha value is -2.73. The van der Waals surface area contributed by atoms with Crippen LogP contribution < -0.4 is 5.32 Å². The van der Waals surface area contributed by atoms with Crippen LogP contribution in [0.1, 0.15) is 37.7 Å². The van der Waals surface area contributed by atoms with E-state index in [0.717, 1.165) is 29.2 Å². The van der Waals surface area contributed by atoms with Crippen molar-refractivity contribution >= 4 is 17.5 Å². The molecule has 0 aliphatic heterocycles. The Morgan fingerprint density at radius 2 is 1.86 bits per heavy atom. The molecule has 3 aromatic rings. The lowest BCUT2D eigenvalue weighted by Crippen LogP contribution is -2.25. The highest BCUT2D eigenvalue weighted by atomic mass is 35.5. The second-order valence-electron chi connectivity index (χ2n) is 7.86. The SMILES string of the molecule is CC(C)(C)c1cc(CNC(=O)Cc2ccc(F)c(F)c2)n(-c2cccc(Cl)c2)n1. The highest BCUT2D eigenvalue weighted by Gasteiger charge is 2.21. The van der Waals surface area contributed by atoms with Crippen LogP contribution >= 0.6 is 11.6 Å². The summed E-state index contributed by atoms with van der Waals surface area (Å²) < 4.78 is 28.1. The first-order valence-corrected chi connectivity index (χ1v) is 9.57. The Morgan fingerprint density at radius 1 is 1.10 bits per heavy atom. The van der Waals surface area contributed by atoms with Gasteiger partial charge in [-0.15, -0.1) is 0 Å². The summed E-state index contributed by atoms with van der Waals surface area (Å²) in [5.41, 5.74) is 2.69. The minimum atomic E-state index is -0.968. The highest BCUT2D eigenvalue weighted by Crippen LogP contribution is 2.24. The van der Waals surface area contributed by atoms with Gasteiger partial charge in [0.1, 0.15) is 0 Å². The first kappa shape index (κ1) is 21.0. The highest BCUT2D eigenvalue weighted by molar-refractivity contribution is 6.30. The van der Waals surface area contributed by atoms with Crippen LogP contribution in [0, 0.1) is 11.6 Å². The number of nitrogens with one attached hydrogen (secondary N) is 1. The van der Waals surface area contributed by atoms with Crippen molar-refractivity contribution in [3.05, 3.63) is 82.1 Å². The zero-order valence-electron chi connectivity index (χ0n) is 16.5. The number of carbonyl (C=O) groups excluding carboxylic acids is 1. The molecule has 0 saturated heterocycles. The van der Waals surface area contributed by atoms with Gasteiger partial charge in [0.25, 0.3) is 0 Å². The van der Waals surface area contributed by atoms with Crippen LogP contribution in [0.2, 0.25) is 5.02 Å². The maximum atomic E-state index is 13.3. The number of halogens is 3. The number of aromatic nitrogens is 2. The molecule has 29 heavy (non-hydrogen) atoms. The predicted molar refractivity (Wildman–Crippen MR) is 109 cm³/mol. The second kappa shape index (κ2) is 8.33. The second-order valence-corrected chi connectivity index (χ2v) is 8.30. The fourth-order valence-electron chi connectivity index (χ4n) is 2.83. The van der Waals surface area contributed by atoms with Gasteiger partial charge in [-0.1, -0.05) is 44.5 Å². The molecule has 1 N–H and O–H groups in total. The minimum absolute atomic E-state index is 0.0470. The summed E-state index contributed by atoms with van der Waals surface area (Å²) in [6.07, 6.45) is -0.0470. The van der Waals surface area contributed by atoms with E-state index in [1.54, 1.807) is 16.8 Å². The van der Waals surface area contributed by atoms with Crippen LogP contribution in [-0.4, -0.2) is 15.7 Å². The van der Waals surface area contributed by atoms with Gasteiger partial charge in [0, 0.05) is 10.4 Å². The van der Waals surface area contributed by atoms with Gasteiger partial charge in [0.2, 0.25) is 5.91 Å². The fourth-order valence-corrected chi connectivity index (χ4v) is 3.01. The topological polar surface area (TPSA) is 46.9 Å². The molecule has 0 spiro atoms. The lowest BCUT2D eigenvalue weighted by atomic mass is 9.92. The lowest BCUT2D eigenvalue weighted by molar-refractivity contribution is -0.120. The third-order valence-corrected chi connectivity index (χ3v) is 4.65. The Morgan fingerprint density at radius 3 is 2.52 bits per heavy atom. The Kier molecular flexibility index (Phi) is 6.03. The molecule has 0 fully saturated rings. The van der Waals surface area contributed by atoms with Crippen molar-refractivity contribution < 1.29 is 13.6 Å². The summed E-state index contributed by atoms with van der Waals surface area (Å²) in [7, 11) is 0. The van der Waals surface area contributed by atoms with Gasteiger partial charge in [0.15, 0.2) is 11.6 Å². The van der Waals surface area contributed by atoms with E-state index in [9.17, 15) is 13.6 Å². The smallest absolute Gasteiger partial charge is 0.224 e. The van der Waals surface area contributed by atoms with Crippen molar-refractivity contribution in [2.45, 2.75) is 39.2 Å². The van der Waals surface area contributed by atoms with Crippen LogP contribution in [0.3, 0.4) is 0 Å². The number of amides is 1. The van der Waals surface area contributed by atoms with Gasteiger partial charge in [-0.25, -0.2) is 13.5 Å². The van der Waals surface area contributed by atoms with E-state index in [2.05, 4.69) is 26.1 Å². The minimum Gasteiger partial charge on any atom is -0.350 e. The fraction of sp³-hybridized carbons (Fsp3) is 0.273. The zero-order chi connectivity index (χ0) is 21.2. The Labute approximate surface area is 173 Å². The standard InChI is InChI=1S/C22H22ClF2N3O/c1-22(2,3)20-12-17(28(27-20)16-6-4-5-15(23)11-16)13-26-21(29)10-14-7-8-18(24)19(25)9-14/h4-9,11-12H,10,13H2,1-3H3,(H,26,29). The third-order valence-electron chi connectivity index (χ3n) is 4.42. The van der Waals surface area contributed by atoms with E-state index >= 15 is 0 Å². The van der Waals surface area contributed by atoms with Crippen molar-refractivity contribution in [3.63, 3.8) is 0 Å². The quantitative estimate of drug-likeness (QED) is 0.637. The van der Waals surface area contributed by atoms with E-state index in [0.29, 0.717) is 10.6 Å². The van der Waals surface area contributed by atoms with Gasteiger partial charge < -0.3 is 5.32 Å². The Bertz CT molecular complexity index is 1040. The summed E-state index contributed by atoms with van der Waals surface area (Å²) in [6.45, 7) is 6.41. The number of benzene rings is 2. The molecule has 0 bridgehead atoms. The number of carbonyl (C=O) groups is 1. The molecule has 1 heterocycles. The zero-order valence-corrected chi connectivity index (χ0v) is 17.2. The van der Waals surface area contributed by atoms with E-state index in [-0.39, 0.29) is 24.3 Å². The molecular weight excluding hydrogens is 396 g/mol. The number of hydrogen-bond donors (Lipinski definition) is 1. The number of rotatable bonds is 5. The van der Waals surface area contributed by atoms with Gasteiger partial charge in [-0.2, -0.15) is 5.10 Å². The van der Waals surface area contributed by atoms with E-state index in [1.807, 2.05) is 18.2 Å². The predicted octanol–water partition coefficient (Wildman–Crippen LogP) is 4.96. The summed E-state index contributed by atoms with van der Waals surface area (Å²) in [5, 5.41) is 8.10. The largest absolute Gasteiger partial charge is 0.350 e. The van der Waals surface area contributed by atoms with Crippen LogP contribution in [0.4, 0.5) is 8.78 Å². The molecule has 1 aromatic heterocycles. The maximum Gasteiger partial charge on any atom is 0.224 e. The van der Waals surface area contributed by atoms with Gasteiger partial charge in [0.05, 0.1) is 30.0 Å². The molecular formula is C22H22ClF2N3O. The third kappa shape index (κ3) is 5.21. The monoisotopic (exact) mass is 417 g/mol. The van der Waals surface area contributed by atoms with Gasteiger partial charge in [-0.3, -0.25) is 4.79 Å². The maximum absolute atomic E-state index is 13.3. The lowest BCUT2D eigenvalue weighted by Gasteiger charge is -2.14. The molecule has 0 atom stereocenters. The number of hydrogen-bond acceptors (Lipinski definition) is 2. The van der Waals surface area contributed by atoms with Crippen molar-refractivity contribution in [1.82, 2.24) is 15.1 Å². The summed E-state index contributed by atoms with van der Waals surface area (Å²) >= 11 is 6.12.